The van der Waals surface area contributed by atoms with Crippen LogP contribution >= 0.6 is 23.8 Å². The summed E-state index contributed by atoms with van der Waals surface area (Å²) in [5.41, 5.74) is 1.58. The number of H-pyrrole nitrogens is 1. The van der Waals surface area contributed by atoms with Gasteiger partial charge in [0.1, 0.15) is 16.3 Å². The molecule has 0 saturated heterocycles. The average molecular weight is 283 g/mol. The topological polar surface area (TPSA) is 28.7 Å². The minimum absolute atomic E-state index is 0.0923. The van der Waals surface area contributed by atoms with Crippen molar-refractivity contribution in [1.29, 1.82) is 0 Å². The summed E-state index contributed by atoms with van der Waals surface area (Å²) >= 11 is 10.9. The van der Waals surface area contributed by atoms with Crippen molar-refractivity contribution in [3.05, 3.63) is 45.6 Å². The van der Waals surface area contributed by atoms with E-state index in [2.05, 4.69) is 9.97 Å². The Hall–Kier alpha value is -1.26. The Bertz CT molecular complexity index is 637. The summed E-state index contributed by atoms with van der Waals surface area (Å²) < 4.78 is 13.6. The normalized spacial score (nSPS) is 10.9. The molecule has 0 radical (unpaired) electrons. The summed E-state index contributed by atoms with van der Waals surface area (Å²) in [6.45, 7) is 4.05. The molecule has 0 bridgehead atoms. The van der Waals surface area contributed by atoms with Gasteiger partial charge in [-0.1, -0.05) is 37.7 Å². The molecule has 0 saturated carbocycles. The van der Waals surface area contributed by atoms with Crippen LogP contribution in [0.1, 0.15) is 25.6 Å². The smallest absolute Gasteiger partial charge is 0.141 e. The molecule has 2 nitrogen and oxygen atoms in total. The predicted molar refractivity (Wildman–Crippen MR) is 73.9 cm³/mol. The van der Waals surface area contributed by atoms with E-state index in [1.54, 1.807) is 18.2 Å². The molecular formula is C13H12ClFN2S. The lowest BCUT2D eigenvalue weighted by Crippen LogP contribution is -1.99. The predicted octanol–water partition coefficient (Wildman–Crippen LogP) is 4.72. The van der Waals surface area contributed by atoms with Crippen molar-refractivity contribution in [2.45, 2.75) is 19.8 Å². The van der Waals surface area contributed by atoms with Crippen molar-refractivity contribution in [3.63, 3.8) is 0 Å². The summed E-state index contributed by atoms with van der Waals surface area (Å²) in [5.74, 6) is 0.609. The first-order chi connectivity index (χ1) is 8.47. The highest BCUT2D eigenvalue weighted by Crippen LogP contribution is 2.24. The fourth-order valence-electron chi connectivity index (χ4n) is 1.57. The lowest BCUT2D eigenvalue weighted by atomic mass is 10.1. The lowest BCUT2D eigenvalue weighted by molar-refractivity contribution is 0.628. The van der Waals surface area contributed by atoms with Crippen molar-refractivity contribution in [2.75, 3.05) is 0 Å². The van der Waals surface area contributed by atoms with E-state index in [0.29, 0.717) is 4.64 Å². The van der Waals surface area contributed by atoms with Crippen LogP contribution in [0.5, 0.6) is 0 Å². The molecule has 0 atom stereocenters. The van der Waals surface area contributed by atoms with Crippen molar-refractivity contribution in [1.82, 2.24) is 9.97 Å². The molecule has 0 aliphatic rings. The minimum Gasteiger partial charge on any atom is -0.343 e. The highest BCUT2D eigenvalue weighted by Gasteiger charge is 2.07. The molecule has 1 aromatic carbocycles. The number of rotatable bonds is 2. The molecule has 0 spiro atoms. The summed E-state index contributed by atoms with van der Waals surface area (Å²) in [7, 11) is 0. The van der Waals surface area contributed by atoms with Gasteiger partial charge in [-0.15, -0.1) is 0 Å². The number of nitrogens with zero attached hydrogens (tertiary/aromatic N) is 1. The zero-order valence-corrected chi connectivity index (χ0v) is 11.6. The SMILES string of the molecule is CC(C)c1nc(=S)cc(-c2ccc(F)c(Cl)c2)[nH]1. The molecule has 5 heteroatoms. The molecule has 0 aliphatic carbocycles. The molecule has 0 unspecified atom stereocenters. The molecule has 1 aromatic heterocycles. The first kappa shape index (κ1) is 13.2. The van der Waals surface area contributed by atoms with Gasteiger partial charge < -0.3 is 4.98 Å². The van der Waals surface area contributed by atoms with Gasteiger partial charge in [0.05, 0.1) is 5.02 Å². The Balaban J connectivity index is 2.56. The molecule has 2 aromatic rings. The molecule has 0 amide bonds. The first-order valence-corrected chi connectivity index (χ1v) is 6.32. The summed E-state index contributed by atoms with van der Waals surface area (Å²) in [4.78, 5) is 7.44. The second kappa shape index (κ2) is 5.16. The molecule has 0 fully saturated rings. The number of halogens is 2. The maximum Gasteiger partial charge on any atom is 0.141 e. The van der Waals surface area contributed by atoms with Gasteiger partial charge in [-0.3, -0.25) is 0 Å². The van der Waals surface area contributed by atoms with Crippen LogP contribution in [0.3, 0.4) is 0 Å². The Labute approximate surface area is 115 Å². The maximum atomic E-state index is 13.1. The zero-order chi connectivity index (χ0) is 13.3. The summed E-state index contributed by atoms with van der Waals surface area (Å²) in [6, 6.07) is 6.31. The standard InChI is InChI=1S/C13H12ClFN2S/c1-7(2)13-16-11(6-12(18)17-13)8-3-4-10(15)9(14)5-8/h3-7H,1-2H3,(H,16,17,18). The third-order valence-corrected chi connectivity index (χ3v) is 3.04. The second-order valence-electron chi connectivity index (χ2n) is 4.30. The van der Waals surface area contributed by atoms with Crippen LogP contribution in [-0.4, -0.2) is 9.97 Å². The molecule has 2 rings (SSSR count). The number of hydrogen-bond donors (Lipinski definition) is 1. The summed E-state index contributed by atoms with van der Waals surface area (Å²) in [5, 5.41) is 0.0923. The van der Waals surface area contributed by atoms with Crippen molar-refractivity contribution >= 4 is 23.8 Å². The van der Waals surface area contributed by atoms with Gasteiger partial charge in [0.25, 0.3) is 0 Å². The van der Waals surface area contributed by atoms with Gasteiger partial charge in [0.2, 0.25) is 0 Å². The minimum atomic E-state index is -0.433. The number of aromatic amines is 1. The first-order valence-electron chi connectivity index (χ1n) is 5.54. The van der Waals surface area contributed by atoms with Crippen LogP contribution in [-0.2, 0) is 0 Å². The zero-order valence-electron chi connectivity index (χ0n) is 10.00. The number of aromatic nitrogens is 2. The van der Waals surface area contributed by atoms with Crippen LogP contribution in [0.15, 0.2) is 24.3 Å². The van der Waals surface area contributed by atoms with Gasteiger partial charge in [-0.2, -0.15) is 0 Å². The van der Waals surface area contributed by atoms with Gasteiger partial charge in [-0.05, 0) is 29.8 Å². The fraction of sp³-hybridized carbons (Fsp3) is 0.231. The number of benzene rings is 1. The van der Waals surface area contributed by atoms with E-state index in [9.17, 15) is 4.39 Å². The van der Waals surface area contributed by atoms with E-state index >= 15 is 0 Å². The monoisotopic (exact) mass is 282 g/mol. The molecule has 94 valence electrons. The van der Waals surface area contributed by atoms with Gasteiger partial charge in [0, 0.05) is 11.6 Å². The van der Waals surface area contributed by atoms with Crippen molar-refractivity contribution in [2.24, 2.45) is 0 Å². The summed E-state index contributed by atoms with van der Waals surface area (Å²) in [6.07, 6.45) is 0. The third-order valence-electron chi connectivity index (χ3n) is 2.54. The molecule has 1 heterocycles. The quantitative estimate of drug-likeness (QED) is 0.807. The Morgan fingerprint density at radius 3 is 2.67 bits per heavy atom. The molecular weight excluding hydrogens is 271 g/mol. The fourth-order valence-corrected chi connectivity index (χ4v) is 1.97. The van der Waals surface area contributed by atoms with Crippen LogP contribution in [0.2, 0.25) is 5.02 Å². The van der Waals surface area contributed by atoms with E-state index in [1.807, 2.05) is 13.8 Å². The van der Waals surface area contributed by atoms with E-state index in [1.165, 1.54) is 6.07 Å². The molecule has 1 N–H and O–H groups in total. The van der Waals surface area contributed by atoms with Crippen LogP contribution in [0, 0.1) is 10.5 Å². The van der Waals surface area contributed by atoms with Gasteiger partial charge in [-0.25, -0.2) is 9.37 Å². The Kier molecular flexibility index (Phi) is 3.78. The van der Waals surface area contributed by atoms with E-state index in [0.717, 1.165) is 17.1 Å². The number of hydrogen-bond acceptors (Lipinski definition) is 2. The van der Waals surface area contributed by atoms with Crippen LogP contribution in [0.4, 0.5) is 4.39 Å². The Morgan fingerprint density at radius 1 is 1.33 bits per heavy atom. The van der Waals surface area contributed by atoms with Crippen molar-refractivity contribution < 1.29 is 4.39 Å². The van der Waals surface area contributed by atoms with Gasteiger partial charge in [0.15, 0.2) is 0 Å². The van der Waals surface area contributed by atoms with E-state index in [4.69, 9.17) is 23.8 Å². The highest BCUT2D eigenvalue weighted by atomic mass is 35.5. The number of nitrogens with one attached hydrogen (secondary N) is 1. The van der Waals surface area contributed by atoms with E-state index in [-0.39, 0.29) is 10.9 Å². The molecule has 18 heavy (non-hydrogen) atoms. The largest absolute Gasteiger partial charge is 0.343 e. The Morgan fingerprint density at radius 2 is 2.06 bits per heavy atom. The van der Waals surface area contributed by atoms with Gasteiger partial charge >= 0.3 is 0 Å². The highest BCUT2D eigenvalue weighted by molar-refractivity contribution is 7.71. The van der Waals surface area contributed by atoms with E-state index < -0.39 is 5.82 Å². The maximum absolute atomic E-state index is 13.1. The third kappa shape index (κ3) is 2.76. The second-order valence-corrected chi connectivity index (χ2v) is 5.13. The van der Waals surface area contributed by atoms with Crippen molar-refractivity contribution in [3.8, 4) is 11.3 Å². The molecule has 0 aliphatic heterocycles. The average Bonchev–Trinajstić information content (AvgIpc) is 2.31. The van der Waals surface area contributed by atoms with Crippen LogP contribution < -0.4 is 0 Å². The van der Waals surface area contributed by atoms with Crippen LogP contribution in [0.25, 0.3) is 11.3 Å². The lowest BCUT2D eigenvalue weighted by Gasteiger charge is -2.09.